The summed E-state index contributed by atoms with van der Waals surface area (Å²) in [6.07, 6.45) is 0. The first-order valence-electron chi connectivity index (χ1n) is 9.41. The summed E-state index contributed by atoms with van der Waals surface area (Å²) in [5.74, 6) is 1.21. The third-order valence-corrected chi connectivity index (χ3v) is 4.40. The molecule has 0 saturated carbocycles. The monoisotopic (exact) mass is 368 g/mol. The Hall–Kier alpha value is -2.29. The third kappa shape index (κ3) is 5.59. The number of ether oxygens (including phenoxy) is 2. The van der Waals surface area contributed by atoms with Gasteiger partial charge in [-0.1, -0.05) is 38.1 Å². The van der Waals surface area contributed by atoms with E-state index in [2.05, 4.69) is 26.0 Å². The Kier molecular flexibility index (Phi) is 5.74. The largest absolute Gasteiger partial charge is 0.488 e. The molecule has 0 saturated heterocycles. The molecular formula is C24H32O3. The van der Waals surface area contributed by atoms with Gasteiger partial charge in [-0.15, -0.1) is 0 Å². The zero-order chi connectivity index (χ0) is 20.5. The molecule has 0 aromatic heterocycles. The summed E-state index contributed by atoms with van der Waals surface area (Å²) < 4.78 is 11.4. The molecule has 0 spiro atoms. The second-order valence-corrected chi connectivity index (χ2v) is 9.53. The first-order chi connectivity index (χ1) is 12.3. The van der Waals surface area contributed by atoms with Crippen molar-refractivity contribution in [2.45, 2.75) is 66.4 Å². The Bertz CT molecular complexity index is 770. The van der Waals surface area contributed by atoms with Crippen molar-refractivity contribution in [2.75, 3.05) is 0 Å². The van der Waals surface area contributed by atoms with Crippen LogP contribution in [-0.2, 0) is 10.2 Å². The lowest BCUT2D eigenvalue weighted by atomic mass is 9.78. The molecule has 0 amide bonds. The van der Waals surface area contributed by atoms with E-state index < -0.39 is 5.41 Å². The molecule has 0 aliphatic carbocycles. The Morgan fingerprint density at radius 1 is 0.667 bits per heavy atom. The minimum atomic E-state index is -0.519. The Morgan fingerprint density at radius 3 is 1.44 bits per heavy atom. The Balaban J connectivity index is 2.17. The average Bonchev–Trinajstić information content (AvgIpc) is 2.53. The molecular weight excluding hydrogens is 336 g/mol. The minimum absolute atomic E-state index is 0.174. The summed E-state index contributed by atoms with van der Waals surface area (Å²) in [5.41, 5.74) is 1.45. The highest BCUT2D eigenvalue weighted by Crippen LogP contribution is 2.34. The van der Waals surface area contributed by atoms with Crippen LogP contribution in [-0.4, -0.2) is 11.6 Å². The van der Waals surface area contributed by atoms with Crippen molar-refractivity contribution in [3.05, 3.63) is 59.7 Å². The maximum Gasteiger partial charge on any atom is 0.316 e. The molecule has 27 heavy (non-hydrogen) atoms. The molecule has 0 N–H and O–H groups in total. The maximum atomic E-state index is 12.0. The fourth-order valence-corrected chi connectivity index (χ4v) is 2.66. The van der Waals surface area contributed by atoms with Crippen molar-refractivity contribution in [2.24, 2.45) is 5.41 Å². The molecule has 3 nitrogen and oxygen atoms in total. The number of rotatable bonds is 4. The van der Waals surface area contributed by atoms with Crippen LogP contribution in [0.4, 0.5) is 0 Å². The lowest BCUT2D eigenvalue weighted by molar-refractivity contribution is -0.142. The van der Waals surface area contributed by atoms with Crippen molar-refractivity contribution in [1.82, 2.24) is 0 Å². The van der Waals surface area contributed by atoms with E-state index >= 15 is 0 Å². The van der Waals surface area contributed by atoms with Crippen molar-refractivity contribution >= 4 is 5.97 Å². The summed E-state index contributed by atoms with van der Waals surface area (Å²) in [6.45, 7) is 16.0. The van der Waals surface area contributed by atoms with E-state index in [0.717, 1.165) is 11.3 Å². The molecule has 0 aliphatic rings. The molecule has 0 unspecified atom stereocenters. The van der Waals surface area contributed by atoms with E-state index in [0.29, 0.717) is 5.75 Å². The third-order valence-electron chi connectivity index (χ3n) is 4.40. The number of hydrogen-bond acceptors (Lipinski definition) is 3. The molecule has 0 radical (unpaired) electrons. The highest BCUT2D eigenvalue weighted by molar-refractivity contribution is 5.77. The molecule has 2 rings (SSSR count). The predicted octanol–water partition coefficient (Wildman–Crippen LogP) is 6.14. The van der Waals surface area contributed by atoms with Gasteiger partial charge in [-0.2, -0.15) is 0 Å². The number of benzene rings is 2. The molecule has 2 aromatic carbocycles. The zero-order valence-corrected chi connectivity index (χ0v) is 17.8. The van der Waals surface area contributed by atoms with Gasteiger partial charge in [0.05, 0.1) is 5.41 Å². The van der Waals surface area contributed by atoms with Crippen molar-refractivity contribution in [1.29, 1.82) is 0 Å². The van der Waals surface area contributed by atoms with E-state index in [-0.39, 0.29) is 17.0 Å². The predicted molar refractivity (Wildman–Crippen MR) is 110 cm³/mol. The van der Waals surface area contributed by atoms with E-state index in [9.17, 15) is 4.79 Å². The van der Waals surface area contributed by atoms with Gasteiger partial charge >= 0.3 is 5.97 Å². The van der Waals surface area contributed by atoms with Crippen LogP contribution < -0.4 is 9.47 Å². The van der Waals surface area contributed by atoms with Gasteiger partial charge in [-0.3, -0.25) is 4.79 Å². The first-order valence-corrected chi connectivity index (χ1v) is 9.41. The molecule has 146 valence electrons. The molecule has 0 bridgehead atoms. The number of carbonyl (C=O) groups excluding carboxylic acids is 1. The summed E-state index contributed by atoms with van der Waals surface area (Å²) in [6, 6.07) is 16.0. The molecule has 0 heterocycles. The van der Waals surface area contributed by atoms with Crippen LogP contribution in [0.5, 0.6) is 11.5 Å². The van der Waals surface area contributed by atoms with Gasteiger partial charge in [0.15, 0.2) is 0 Å². The van der Waals surface area contributed by atoms with Gasteiger partial charge in [-0.25, -0.2) is 0 Å². The number of carbonyl (C=O) groups is 1. The Morgan fingerprint density at radius 2 is 1.07 bits per heavy atom. The van der Waals surface area contributed by atoms with E-state index in [4.69, 9.17) is 9.47 Å². The smallest absolute Gasteiger partial charge is 0.316 e. The van der Waals surface area contributed by atoms with Crippen LogP contribution in [0.1, 0.15) is 66.5 Å². The fraction of sp³-hybridized carbons (Fsp3) is 0.458. The summed E-state index contributed by atoms with van der Waals surface area (Å²) >= 11 is 0. The quantitative estimate of drug-likeness (QED) is 0.480. The summed E-state index contributed by atoms with van der Waals surface area (Å²) in [5, 5.41) is 0. The van der Waals surface area contributed by atoms with Crippen LogP contribution in [0.3, 0.4) is 0 Å². The van der Waals surface area contributed by atoms with Crippen LogP contribution in [0.25, 0.3) is 0 Å². The van der Waals surface area contributed by atoms with Crippen molar-refractivity contribution < 1.29 is 14.3 Å². The van der Waals surface area contributed by atoms with Crippen LogP contribution >= 0.6 is 0 Å². The normalized spacial score (nSPS) is 12.6. The van der Waals surface area contributed by atoms with Crippen LogP contribution in [0, 0.1) is 5.41 Å². The Labute approximate surface area is 163 Å². The van der Waals surface area contributed by atoms with Gasteiger partial charge < -0.3 is 9.47 Å². The second kappa shape index (κ2) is 7.38. The second-order valence-electron chi connectivity index (χ2n) is 9.53. The van der Waals surface area contributed by atoms with Crippen molar-refractivity contribution in [3.63, 3.8) is 0 Å². The highest BCUT2D eigenvalue weighted by atomic mass is 16.5. The zero-order valence-electron chi connectivity index (χ0n) is 17.8. The minimum Gasteiger partial charge on any atom is -0.488 e. The number of esters is 1. The van der Waals surface area contributed by atoms with E-state index in [1.807, 2.05) is 77.9 Å². The maximum absolute atomic E-state index is 12.0. The van der Waals surface area contributed by atoms with Gasteiger partial charge in [0, 0.05) is 5.41 Å². The molecule has 0 atom stereocenters. The van der Waals surface area contributed by atoms with Gasteiger partial charge in [0.1, 0.15) is 17.1 Å². The first kappa shape index (κ1) is 21.0. The summed E-state index contributed by atoms with van der Waals surface area (Å²) in [4.78, 5) is 12.0. The lowest BCUT2D eigenvalue weighted by Gasteiger charge is -2.27. The van der Waals surface area contributed by atoms with Gasteiger partial charge in [-0.05, 0) is 76.9 Å². The number of hydrogen-bond donors (Lipinski definition) is 0. The SMILES string of the molecule is CC(C)(C)Oc1ccc(C(C)(C)c2ccc(OC(=O)C(C)(C)C)cc2)cc1. The van der Waals surface area contributed by atoms with E-state index in [1.165, 1.54) is 5.56 Å². The average molecular weight is 369 g/mol. The van der Waals surface area contributed by atoms with Gasteiger partial charge in [0.2, 0.25) is 0 Å². The van der Waals surface area contributed by atoms with Crippen molar-refractivity contribution in [3.8, 4) is 11.5 Å². The van der Waals surface area contributed by atoms with E-state index in [1.54, 1.807) is 0 Å². The molecule has 0 fully saturated rings. The highest BCUT2D eigenvalue weighted by Gasteiger charge is 2.25. The topological polar surface area (TPSA) is 35.5 Å². The molecule has 0 aliphatic heterocycles. The van der Waals surface area contributed by atoms with Crippen LogP contribution in [0.15, 0.2) is 48.5 Å². The van der Waals surface area contributed by atoms with Gasteiger partial charge in [0.25, 0.3) is 0 Å². The fourth-order valence-electron chi connectivity index (χ4n) is 2.66. The standard InChI is InChI=1S/C24H32O3/c1-22(2,3)21(25)26-19-13-9-17(10-14-19)24(7,8)18-11-15-20(16-12-18)27-23(4,5)6/h9-16H,1-8H3. The molecule has 2 aromatic rings. The molecule has 3 heteroatoms. The lowest BCUT2D eigenvalue weighted by Crippen LogP contribution is -2.25. The summed E-state index contributed by atoms with van der Waals surface area (Å²) in [7, 11) is 0. The van der Waals surface area contributed by atoms with Crippen LogP contribution in [0.2, 0.25) is 0 Å².